The highest BCUT2D eigenvalue weighted by molar-refractivity contribution is 5.91. The topological polar surface area (TPSA) is 82.3 Å². The zero-order valence-corrected chi connectivity index (χ0v) is 18.5. The molecule has 0 aliphatic carbocycles. The molecular formula is C21H38N4O4. The molecule has 1 aromatic rings. The van der Waals surface area contributed by atoms with Crippen molar-refractivity contribution in [1.29, 1.82) is 0 Å². The smallest absolute Gasteiger partial charge is 0.275 e. The predicted octanol–water partition coefficient (Wildman–Crippen LogP) is 1.84. The number of hydrogen-bond acceptors (Lipinski definition) is 7. The number of oxazole rings is 1. The van der Waals surface area contributed by atoms with Crippen LogP contribution in [-0.4, -0.2) is 95.3 Å². The summed E-state index contributed by atoms with van der Waals surface area (Å²) in [5.74, 6) is 0.534. The van der Waals surface area contributed by atoms with Crippen molar-refractivity contribution in [2.45, 2.75) is 59.3 Å². The summed E-state index contributed by atoms with van der Waals surface area (Å²) < 4.78 is 11.0. The number of aliphatic hydroxyl groups excluding tert-OH is 1. The first-order valence-electron chi connectivity index (χ1n) is 10.9. The Morgan fingerprint density at radius 2 is 1.83 bits per heavy atom. The quantitative estimate of drug-likeness (QED) is 0.563. The molecule has 1 unspecified atom stereocenters. The molecule has 1 N–H and O–H groups in total. The number of amides is 1. The van der Waals surface area contributed by atoms with E-state index in [9.17, 15) is 9.90 Å². The van der Waals surface area contributed by atoms with E-state index in [1.807, 2.05) is 18.7 Å². The van der Waals surface area contributed by atoms with Crippen molar-refractivity contribution in [3.05, 3.63) is 17.8 Å². The van der Waals surface area contributed by atoms with E-state index in [1.54, 1.807) is 0 Å². The van der Waals surface area contributed by atoms with E-state index in [-0.39, 0.29) is 12.0 Å². The third kappa shape index (κ3) is 8.04. The number of aliphatic hydroxyl groups is 1. The predicted molar refractivity (Wildman–Crippen MR) is 112 cm³/mol. The lowest BCUT2D eigenvalue weighted by Gasteiger charge is -2.35. The molecular weight excluding hydrogens is 372 g/mol. The number of aromatic nitrogens is 1. The lowest BCUT2D eigenvalue weighted by molar-refractivity contribution is -0.0151. The maximum atomic E-state index is 12.6. The standard InChI is InChI=1S/C21H38N4O4/c1-5-7-25(8-6-2)21(27)19-16-29-20(22-19)14-24-11-9-23(10-12-24)13-18(26)15-28-17(3)4/h16-18,26H,5-15H2,1-4H3. The molecule has 0 saturated carbocycles. The van der Waals surface area contributed by atoms with Gasteiger partial charge in [0.2, 0.25) is 5.89 Å². The van der Waals surface area contributed by atoms with Crippen LogP contribution in [0.15, 0.2) is 10.7 Å². The van der Waals surface area contributed by atoms with Gasteiger partial charge in [0.05, 0.1) is 25.4 Å². The number of carbonyl (C=O) groups is 1. The number of ether oxygens (including phenoxy) is 1. The van der Waals surface area contributed by atoms with E-state index in [0.29, 0.717) is 31.3 Å². The third-order valence-corrected chi connectivity index (χ3v) is 4.96. The number of rotatable bonds is 12. The molecule has 2 rings (SSSR count). The van der Waals surface area contributed by atoms with Gasteiger partial charge in [-0.3, -0.25) is 14.6 Å². The molecule has 1 amide bonds. The fourth-order valence-corrected chi connectivity index (χ4v) is 3.47. The van der Waals surface area contributed by atoms with E-state index >= 15 is 0 Å². The van der Waals surface area contributed by atoms with Gasteiger partial charge < -0.3 is 19.2 Å². The molecule has 0 bridgehead atoms. The van der Waals surface area contributed by atoms with Gasteiger partial charge in [-0.15, -0.1) is 0 Å². The average Bonchev–Trinajstić information content (AvgIpc) is 3.15. The zero-order valence-electron chi connectivity index (χ0n) is 18.5. The van der Waals surface area contributed by atoms with Crippen LogP contribution in [0.3, 0.4) is 0 Å². The van der Waals surface area contributed by atoms with Crippen molar-refractivity contribution in [3.8, 4) is 0 Å². The van der Waals surface area contributed by atoms with Gasteiger partial charge in [-0.1, -0.05) is 13.8 Å². The highest BCUT2D eigenvalue weighted by atomic mass is 16.5. The van der Waals surface area contributed by atoms with Gasteiger partial charge in [0, 0.05) is 45.8 Å². The van der Waals surface area contributed by atoms with Crippen LogP contribution in [0.1, 0.15) is 56.9 Å². The Bertz CT molecular complexity index is 593. The van der Waals surface area contributed by atoms with Crippen LogP contribution < -0.4 is 0 Å². The number of hydrogen-bond donors (Lipinski definition) is 1. The lowest BCUT2D eigenvalue weighted by Crippen LogP contribution is -2.48. The van der Waals surface area contributed by atoms with Gasteiger partial charge in [0.1, 0.15) is 6.26 Å². The zero-order chi connectivity index (χ0) is 21.2. The van der Waals surface area contributed by atoms with E-state index in [1.165, 1.54) is 6.26 Å². The summed E-state index contributed by atoms with van der Waals surface area (Å²) in [6, 6.07) is 0. The number of nitrogens with zero attached hydrogens (tertiary/aromatic N) is 4. The van der Waals surface area contributed by atoms with Crippen molar-refractivity contribution in [2.75, 3.05) is 52.4 Å². The number of β-amino-alcohol motifs (C(OH)–C–C–N with tert-alkyl or cyclic N) is 1. The van der Waals surface area contributed by atoms with E-state index in [4.69, 9.17) is 9.15 Å². The summed E-state index contributed by atoms with van der Waals surface area (Å²) in [6.45, 7) is 14.7. The van der Waals surface area contributed by atoms with Crippen molar-refractivity contribution in [3.63, 3.8) is 0 Å². The SMILES string of the molecule is CCCN(CCC)C(=O)c1coc(CN2CCN(CC(O)COC(C)C)CC2)n1. The lowest BCUT2D eigenvalue weighted by atomic mass is 10.2. The molecule has 0 aromatic carbocycles. The highest BCUT2D eigenvalue weighted by Crippen LogP contribution is 2.12. The summed E-state index contributed by atoms with van der Waals surface area (Å²) in [5.41, 5.74) is 0.397. The summed E-state index contributed by atoms with van der Waals surface area (Å²) in [4.78, 5) is 23.4. The second-order valence-electron chi connectivity index (χ2n) is 8.03. The second kappa shape index (κ2) is 12.3. The summed E-state index contributed by atoms with van der Waals surface area (Å²) >= 11 is 0. The first kappa shape index (κ1) is 23.8. The molecule has 1 saturated heterocycles. The van der Waals surface area contributed by atoms with Crippen LogP contribution in [0.5, 0.6) is 0 Å². The Hall–Kier alpha value is -1.48. The molecule has 2 heterocycles. The monoisotopic (exact) mass is 410 g/mol. The third-order valence-electron chi connectivity index (χ3n) is 4.96. The molecule has 1 fully saturated rings. The second-order valence-corrected chi connectivity index (χ2v) is 8.03. The number of carbonyl (C=O) groups excluding carboxylic acids is 1. The van der Waals surface area contributed by atoms with E-state index in [0.717, 1.165) is 52.1 Å². The fourth-order valence-electron chi connectivity index (χ4n) is 3.47. The van der Waals surface area contributed by atoms with Crippen molar-refractivity contribution < 1.29 is 19.1 Å². The van der Waals surface area contributed by atoms with Crippen molar-refractivity contribution >= 4 is 5.91 Å². The molecule has 8 heteroatoms. The van der Waals surface area contributed by atoms with Crippen molar-refractivity contribution in [2.24, 2.45) is 0 Å². The Labute approximate surface area is 174 Å². The molecule has 29 heavy (non-hydrogen) atoms. The Morgan fingerprint density at radius 3 is 2.41 bits per heavy atom. The Balaban J connectivity index is 1.77. The van der Waals surface area contributed by atoms with Crippen LogP contribution in [0.2, 0.25) is 0 Å². The van der Waals surface area contributed by atoms with E-state index < -0.39 is 6.10 Å². The van der Waals surface area contributed by atoms with Crippen LogP contribution in [-0.2, 0) is 11.3 Å². The normalized spacial score (nSPS) is 17.0. The molecule has 8 nitrogen and oxygen atoms in total. The minimum Gasteiger partial charge on any atom is -0.447 e. The molecule has 166 valence electrons. The average molecular weight is 411 g/mol. The van der Waals surface area contributed by atoms with Gasteiger partial charge in [-0.05, 0) is 26.7 Å². The summed E-state index contributed by atoms with van der Waals surface area (Å²) in [7, 11) is 0. The molecule has 0 radical (unpaired) electrons. The molecule has 1 aliphatic heterocycles. The van der Waals surface area contributed by atoms with Crippen LogP contribution in [0.25, 0.3) is 0 Å². The van der Waals surface area contributed by atoms with Gasteiger partial charge in [-0.2, -0.15) is 0 Å². The Morgan fingerprint density at radius 1 is 1.21 bits per heavy atom. The number of piperazine rings is 1. The highest BCUT2D eigenvalue weighted by Gasteiger charge is 2.23. The maximum absolute atomic E-state index is 12.6. The summed E-state index contributed by atoms with van der Waals surface area (Å²) in [5, 5.41) is 10.1. The van der Waals surface area contributed by atoms with Crippen LogP contribution >= 0.6 is 0 Å². The molecule has 1 atom stereocenters. The van der Waals surface area contributed by atoms with Gasteiger partial charge in [-0.25, -0.2) is 4.98 Å². The van der Waals surface area contributed by atoms with Gasteiger partial charge >= 0.3 is 0 Å². The first-order chi connectivity index (χ1) is 13.9. The van der Waals surface area contributed by atoms with Gasteiger partial charge in [0.15, 0.2) is 5.69 Å². The minimum atomic E-state index is -0.460. The van der Waals surface area contributed by atoms with Crippen LogP contribution in [0.4, 0.5) is 0 Å². The molecule has 1 aromatic heterocycles. The maximum Gasteiger partial charge on any atom is 0.275 e. The Kier molecular flexibility index (Phi) is 10.1. The van der Waals surface area contributed by atoms with Crippen molar-refractivity contribution in [1.82, 2.24) is 19.7 Å². The fraction of sp³-hybridized carbons (Fsp3) is 0.810. The first-order valence-corrected chi connectivity index (χ1v) is 10.9. The van der Waals surface area contributed by atoms with Crippen LogP contribution in [0, 0.1) is 0 Å². The van der Waals surface area contributed by atoms with Gasteiger partial charge in [0.25, 0.3) is 5.91 Å². The molecule has 0 spiro atoms. The summed E-state index contributed by atoms with van der Waals surface area (Å²) in [6.07, 6.45) is 3.02. The largest absolute Gasteiger partial charge is 0.447 e. The minimum absolute atomic E-state index is 0.0499. The van der Waals surface area contributed by atoms with E-state index in [2.05, 4.69) is 28.6 Å². The molecule has 1 aliphatic rings.